The molecular weight excluding hydrogens is 470 g/mol. The van der Waals surface area contributed by atoms with Crippen molar-refractivity contribution >= 4 is 33.1 Å². The van der Waals surface area contributed by atoms with Gasteiger partial charge in [-0.25, -0.2) is 8.42 Å². The molecule has 2 aliphatic rings. The molecule has 5 rings (SSSR count). The normalized spacial score (nSPS) is 18.6. The highest BCUT2D eigenvalue weighted by molar-refractivity contribution is 7.96. The summed E-state index contributed by atoms with van der Waals surface area (Å²) in [5.74, 6) is -0.938. The number of anilines is 1. The second kappa shape index (κ2) is 8.24. The van der Waals surface area contributed by atoms with E-state index >= 15 is 0 Å². The molecular formula is C26H20ClN3O3S. The lowest BCUT2D eigenvalue weighted by molar-refractivity contribution is 0.357. The van der Waals surface area contributed by atoms with Gasteiger partial charge >= 0.3 is 0 Å². The minimum atomic E-state index is -4.12. The minimum absolute atomic E-state index is 0.0214. The van der Waals surface area contributed by atoms with E-state index in [-0.39, 0.29) is 28.7 Å². The topological polar surface area (TPSA) is 96.4 Å². The number of benzene rings is 3. The van der Waals surface area contributed by atoms with Gasteiger partial charge in [-0.05, 0) is 42.3 Å². The number of nitrogens with zero attached hydrogens (tertiary/aromatic N) is 2. The van der Waals surface area contributed by atoms with Crippen LogP contribution in [0.3, 0.4) is 0 Å². The van der Waals surface area contributed by atoms with E-state index in [0.717, 1.165) is 11.1 Å². The quantitative estimate of drug-likeness (QED) is 0.547. The summed E-state index contributed by atoms with van der Waals surface area (Å²) in [5, 5.41) is 10.3. The van der Waals surface area contributed by atoms with Crippen LogP contribution in [0.25, 0.3) is 5.76 Å². The number of para-hydroxylation sites is 1. The van der Waals surface area contributed by atoms with Gasteiger partial charge in [-0.3, -0.25) is 4.31 Å². The molecule has 0 bridgehead atoms. The summed E-state index contributed by atoms with van der Waals surface area (Å²) in [6, 6.07) is 23.7. The number of sulfonamides is 1. The van der Waals surface area contributed by atoms with Gasteiger partial charge in [0.15, 0.2) is 5.76 Å². The maximum Gasteiger partial charge on any atom is 0.265 e. The van der Waals surface area contributed by atoms with E-state index in [1.54, 1.807) is 42.5 Å². The summed E-state index contributed by atoms with van der Waals surface area (Å²) in [6.07, 6.45) is 0. The first-order chi connectivity index (χ1) is 16.3. The van der Waals surface area contributed by atoms with E-state index in [1.165, 1.54) is 4.31 Å². The highest BCUT2D eigenvalue weighted by atomic mass is 35.5. The summed E-state index contributed by atoms with van der Waals surface area (Å²) in [5.41, 5.74) is 9.66. The molecule has 0 radical (unpaired) electrons. The average Bonchev–Trinajstić information content (AvgIpc) is 2.81. The minimum Gasteiger partial charge on any atom is -0.439 e. The Balaban J connectivity index is 1.77. The van der Waals surface area contributed by atoms with E-state index in [9.17, 15) is 13.7 Å². The van der Waals surface area contributed by atoms with Crippen LogP contribution in [0.4, 0.5) is 5.69 Å². The van der Waals surface area contributed by atoms with Crippen molar-refractivity contribution in [1.29, 1.82) is 5.26 Å². The molecule has 0 saturated carbocycles. The third kappa shape index (κ3) is 3.52. The van der Waals surface area contributed by atoms with Crippen LogP contribution < -0.4 is 10.0 Å². The van der Waals surface area contributed by atoms with Gasteiger partial charge in [-0.2, -0.15) is 5.26 Å². The Kier molecular flexibility index (Phi) is 5.35. The molecule has 0 amide bonds. The zero-order valence-electron chi connectivity index (χ0n) is 18.2. The van der Waals surface area contributed by atoms with Crippen LogP contribution in [-0.4, -0.2) is 8.42 Å². The molecule has 0 aromatic heterocycles. The van der Waals surface area contributed by atoms with Crippen LogP contribution in [0.2, 0.25) is 5.02 Å². The molecule has 0 aliphatic carbocycles. The average molecular weight is 490 g/mol. The van der Waals surface area contributed by atoms with Crippen molar-refractivity contribution in [3.8, 4) is 6.07 Å². The Morgan fingerprint density at radius 2 is 1.85 bits per heavy atom. The van der Waals surface area contributed by atoms with E-state index in [0.29, 0.717) is 21.8 Å². The predicted molar refractivity (Wildman–Crippen MR) is 132 cm³/mol. The van der Waals surface area contributed by atoms with Crippen LogP contribution in [0.15, 0.2) is 89.2 Å². The standard InChI is InChI=1S/C26H20ClN3O3S/c1-16-6-4-7-17(12-16)15-30-22-11-3-2-10-20(22)24-25(34(30,31)32)23(21(14-28)26(29)33-24)18-8-5-9-19(27)13-18/h2-13,23H,15,29H2,1H3/t23-/m0/s1. The SMILES string of the molecule is Cc1cccc(CN2c3ccccc3C3=C([C@@H](c4cccc(Cl)c4)C(C#N)=C(N)O3)S2(=O)=O)c1. The van der Waals surface area contributed by atoms with Crippen molar-refractivity contribution in [3.63, 3.8) is 0 Å². The van der Waals surface area contributed by atoms with Crippen LogP contribution in [0.1, 0.15) is 28.2 Å². The molecule has 2 heterocycles. The first kappa shape index (κ1) is 22.1. The van der Waals surface area contributed by atoms with Gasteiger partial charge in [-0.1, -0.05) is 65.7 Å². The smallest absolute Gasteiger partial charge is 0.265 e. The van der Waals surface area contributed by atoms with Crippen molar-refractivity contribution in [3.05, 3.63) is 116 Å². The van der Waals surface area contributed by atoms with E-state index in [4.69, 9.17) is 22.1 Å². The molecule has 6 nitrogen and oxygen atoms in total. The third-order valence-electron chi connectivity index (χ3n) is 5.95. The van der Waals surface area contributed by atoms with Crippen LogP contribution in [0.5, 0.6) is 0 Å². The van der Waals surface area contributed by atoms with Crippen molar-refractivity contribution in [2.24, 2.45) is 5.73 Å². The second-order valence-corrected chi connectivity index (χ2v) is 10.5. The van der Waals surface area contributed by atoms with Crippen LogP contribution in [-0.2, 0) is 21.3 Å². The largest absolute Gasteiger partial charge is 0.439 e. The zero-order chi connectivity index (χ0) is 24.0. The number of hydrogen-bond donors (Lipinski definition) is 1. The second-order valence-electron chi connectivity index (χ2n) is 8.19. The van der Waals surface area contributed by atoms with Gasteiger partial charge in [0, 0.05) is 10.6 Å². The molecule has 3 aromatic carbocycles. The van der Waals surface area contributed by atoms with Gasteiger partial charge in [0.1, 0.15) is 16.5 Å². The van der Waals surface area contributed by atoms with E-state index in [2.05, 4.69) is 6.07 Å². The zero-order valence-corrected chi connectivity index (χ0v) is 19.8. The number of ether oxygens (including phenoxy) is 1. The lowest BCUT2D eigenvalue weighted by Gasteiger charge is -2.38. The maximum absolute atomic E-state index is 14.2. The summed E-state index contributed by atoms with van der Waals surface area (Å²) >= 11 is 6.23. The van der Waals surface area contributed by atoms with Crippen molar-refractivity contribution in [2.45, 2.75) is 19.4 Å². The van der Waals surface area contributed by atoms with Crippen molar-refractivity contribution in [1.82, 2.24) is 0 Å². The van der Waals surface area contributed by atoms with Gasteiger partial charge in [0.25, 0.3) is 10.0 Å². The Labute approximate surface area is 203 Å². The Bertz CT molecular complexity index is 1540. The Morgan fingerprint density at radius 3 is 2.59 bits per heavy atom. The fourth-order valence-corrected chi connectivity index (χ4v) is 6.59. The van der Waals surface area contributed by atoms with Crippen molar-refractivity contribution < 1.29 is 13.2 Å². The molecule has 2 aliphatic heterocycles. The third-order valence-corrected chi connectivity index (χ3v) is 8.07. The van der Waals surface area contributed by atoms with Gasteiger partial charge in [0.2, 0.25) is 5.88 Å². The fraction of sp³-hybridized carbons (Fsp3) is 0.115. The maximum atomic E-state index is 14.2. The lowest BCUT2D eigenvalue weighted by Crippen LogP contribution is -2.39. The molecule has 0 unspecified atom stereocenters. The van der Waals surface area contributed by atoms with Crippen LogP contribution in [0, 0.1) is 18.3 Å². The number of nitrogens with two attached hydrogens (primary N) is 1. The number of aryl methyl sites for hydroxylation is 1. The lowest BCUT2D eigenvalue weighted by atomic mass is 9.88. The summed E-state index contributed by atoms with van der Waals surface area (Å²) in [6.45, 7) is 2.08. The highest BCUT2D eigenvalue weighted by Gasteiger charge is 2.47. The molecule has 0 spiro atoms. The molecule has 3 aromatic rings. The summed E-state index contributed by atoms with van der Waals surface area (Å²) in [7, 11) is -4.12. The summed E-state index contributed by atoms with van der Waals surface area (Å²) < 4.78 is 35.6. The number of halogens is 1. The van der Waals surface area contributed by atoms with Gasteiger partial charge < -0.3 is 10.5 Å². The number of allylic oxidation sites excluding steroid dienone is 2. The molecule has 0 fully saturated rings. The van der Waals surface area contributed by atoms with Gasteiger partial charge in [-0.15, -0.1) is 0 Å². The molecule has 34 heavy (non-hydrogen) atoms. The first-order valence-electron chi connectivity index (χ1n) is 10.6. The number of rotatable bonds is 3. The first-order valence-corrected chi connectivity index (χ1v) is 12.4. The molecule has 0 saturated heterocycles. The number of hydrogen-bond acceptors (Lipinski definition) is 5. The van der Waals surface area contributed by atoms with Gasteiger partial charge in [0.05, 0.1) is 18.2 Å². The summed E-state index contributed by atoms with van der Waals surface area (Å²) in [4.78, 5) is -0.0214. The fourth-order valence-electron chi connectivity index (χ4n) is 4.48. The van der Waals surface area contributed by atoms with Crippen LogP contribution >= 0.6 is 11.6 Å². The Morgan fingerprint density at radius 1 is 1.09 bits per heavy atom. The molecule has 170 valence electrons. The Hall–Kier alpha value is -3.73. The molecule has 1 atom stereocenters. The predicted octanol–water partition coefficient (Wildman–Crippen LogP) is 5.17. The number of nitriles is 1. The molecule has 8 heteroatoms. The van der Waals surface area contributed by atoms with E-state index in [1.807, 2.05) is 37.3 Å². The monoisotopic (exact) mass is 489 g/mol. The number of fused-ring (bicyclic) bond motifs is 2. The van der Waals surface area contributed by atoms with Crippen molar-refractivity contribution in [2.75, 3.05) is 4.31 Å². The molecule has 2 N–H and O–H groups in total. The van der Waals surface area contributed by atoms with E-state index < -0.39 is 15.9 Å². The highest BCUT2D eigenvalue weighted by Crippen LogP contribution is 2.51.